The maximum absolute atomic E-state index is 11.9. The average Bonchev–Trinajstić information content (AvgIpc) is 2.40. The van der Waals surface area contributed by atoms with E-state index in [0.717, 1.165) is 24.1 Å². The number of rotatable bonds is 3. The van der Waals surface area contributed by atoms with Gasteiger partial charge in [-0.3, -0.25) is 4.79 Å². The SMILES string of the molecule is CNCCC(=O)N1CCc2c(ccc(Cl)c2Cl)C1. The van der Waals surface area contributed by atoms with Crippen LogP contribution in [0.15, 0.2) is 12.1 Å². The van der Waals surface area contributed by atoms with E-state index in [9.17, 15) is 4.79 Å². The third-order valence-electron chi connectivity index (χ3n) is 3.23. The molecule has 0 saturated carbocycles. The van der Waals surface area contributed by atoms with Crippen molar-refractivity contribution in [3.8, 4) is 0 Å². The summed E-state index contributed by atoms with van der Waals surface area (Å²) >= 11 is 12.2. The van der Waals surface area contributed by atoms with E-state index in [0.29, 0.717) is 29.6 Å². The molecule has 0 radical (unpaired) electrons. The van der Waals surface area contributed by atoms with Crippen molar-refractivity contribution >= 4 is 29.1 Å². The van der Waals surface area contributed by atoms with Crippen molar-refractivity contribution in [3.63, 3.8) is 0 Å². The van der Waals surface area contributed by atoms with Gasteiger partial charge in [0, 0.05) is 26.1 Å². The second-order valence-electron chi connectivity index (χ2n) is 4.42. The van der Waals surface area contributed by atoms with Crippen LogP contribution in [0.5, 0.6) is 0 Å². The summed E-state index contributed by atoms with van der Waals surface area (Å²) in [5.41, 5.74) is 2.19. The number of halogens is 2. The first-order valence-electron chi connectivity index (χ1n) is 6.01. The van der Waals surface area contributed by atoms with Crippen molar-refractivity contribution in [2.24, 2.45) is 0 Å². The van der Waals surface area contributed by atoms with E-state index in [1.165, 1.54) is 0 Å². The van der Waals surface area contributed by atoms with Crippen LogP contribution in [-0.4, -0.2) is 30.9 Å². The summed E-state index contributed by atoms with van der Waals surface area (Å²) < 4.78 is 0. The molecule has 0 saturated heterocycles. The van der Waals surface area contributed by atoms with Crippen molar-refractivity contribution < 1.29 is 4.79 Å². The van der Waals surface area contributed by atoms with Gasteiger partial charge in [0.1, 0.15) is 0 Å². The Balaban J connectivity index is 2.11. The highest BCUT2D eigenvalue weighted by molar-refractivity contribution is 6.42. The van der Waals surface area contributed by atoms with Crippen LogP contribution in [0.1, 0.15) is 17.5 Å². The maximum Gasteiger partial charge on any atom is 0.224 e. The van der Waals surface area contributed by atoms with Crippen LogP contribution < -0.4 is 5.32 Å². The summed E-state index contributed by atoms with van der Waals surface area (Å²) in [5.74, 6) is 0.182. The lowest BCUT2D eigenvalue weighted by atomic mass is 9.99. The number of carbonyl (C=O) groups excluding carboxylic acids is 1. The number of hydrogen-bond donors (Lipinski definition) is 1. The van der Waals surface area contributed by atoms with E-state index in [-0.39, 0.29) is 5.91 Å². The van der Waals surface area contributed by atoms with Gasteiger partial charge >= 0.3 is 0 Å². The van der Waals surface area contributed by atoms with Crippen molar-refractivity contribution in [1.82, 2.24) is 10.2 Å². The van der Waals surface area contributed by atoms with Gasteiger partial charge in [0.25, 0.3) is 0 Å². The van der Waals surface area contributed by atoms with Gasteiger partial charge in [-0.25, -0.2) is 0 Å². The van der Waals surface area contributed by atoms with Crippen LogP contribution in [0, 0.1) is 0 Å². The molecule has 0 spiro atoms. The Morgan fingerprint density at radius 2 is 2.22 bits per heavy atom. The fourth-order valence-electron chi connectivity index (χ4n) is 2.19. The Morgan fingerprint density at radius 3 is 2.94 bits per heavy atom. The fourth-order valence-corrected chi connectivity index (χ4v) is 2.64. The van der Waals surface area contributed by atoms with Crippen molar-refractivity contribution in [1.29, 1.82) is 0 Å². The highest BCUT2D eigenvalue weighted by atomic mass is 35.5. The molecule has 1 aromatic carbocycles. The van der Waals surface area contributed by atoms with E-state index in [1.54, 1.807) is 6.07 Å². The average molecular weight is 287 g/mol. The van der Waals surface area contributed by atoms with Gasteiger partial charge in [0.05, 0.1) is 10.0 Å². The minimum absolute atomic E-state index is 0.182. The summed E-state index contributed by atoms with van der Waals surface area (Å²) in [7, 11) is 1.85. The second-order valence-corrected chi connectivity index (χ2v) is 5.20. The van der Waals surface area contributed by atoms with Crippen LogP contribution in [0.3, 0.4) is 0 Å². The minimum atomic E-state index is 0.182. The Labute approximate surface area is 117 Å². The Hall–Kier alpha value is -0.770. The Bertz CT molecular complexity index is 463. The molecule has 98 valence electrons. The van der Waals surface area contributed by atoms with E-state index < -0.39 is 0 Å². The van der Waals surface area contributed by atoms with Crippen molar-refractivity contribution in [3.05, 3.63) is 33.3 Å². The number of benzene rings is 1. The maximum atomic E-state index is 11.9. The number of fused-ring (bicyclic) bond motifs is 1. The lowest BCUT2D eigenvalue weighted by Crippen LogP contribution is -2.37. The monoisotopic (exact) mass is 286 g/mol. The molecular weight excluding hydrogens is 271 g/mol. The first kappa shape index (κ1) is 13.7. The molecule has 1 aromatic rings. The second kappa shape index (κ2) is 5.91. The Kier molecular flexibility index (Phi) is 4.49. The van der Waals surface area contributed by atoms with Gasteiger partial charge < -0.3 is 10.2 Å². The van der Waals surface area contributed by atoms with Crippen LogP contribution in [0.2, 0.25) is 10.0 Å². The minimum Gasteiger partial charge on any atom is -0.338 e. The molecule has 0 aliphatic carbocycles. The molecule has 0 aromatic heterocycles. The normalized spacial score (nSPS) is 14.5. The Morgan fingerprint density at radius 1 is 1.44 bits per heavy atom. The summed E-state index contributed by atoms with van der Waals surface area (Å²) in [6, 6.07) is 3.76. The first-order valence-corrected chi connectivity index (χ1v) is 6.77. The molecule has 0 atom stereocenters. The molecule has 18 heavy (non-hydrogen) atoms. The van der Waals surface area contributed by atoms with Gasteiger partial charge in [-0.1, -0.05) is 29.3 Å². The predicted octanol–water partition coefficient (Wildman–Crippen LogP) is 2.49. The molecule has 1 heterocycles. The molecule has 3 nitrogen and oxygen atoms in total. The summed E-state index contributed by atoms with van der Waals surface area (Å²) in [6.45, 7) is 2.06. The van der Waals surface area contributed by atoms with Gasteiger partial charge in [-0.05, 0) is 30.7 Å². The van der Waals surface area contributed by atoms with Crippen molar-refractivity contribution in [2.75, 3.05) is 20.1 Å². The quantitative estimate of drug-likeness (QED) is 0.926. The molecule has 2 rings (SSSR count). The number of carbonyl (C=O) groups is 1. The molecule has 0 bridgehead atoms. The van der Waals surface area contributed by atoms with Crippen LogP contribution in [-0.2, 0) is 17.8 Å². The number of amides is 1. The van der Waals surface area contributed by atoms with Gasteiger partial charge in [-0.2, -0.15) is 0 Å². The van der Waals surface area contributed by atoms with E-state index in [4.69, 9.17) is 23.2 Å². The smallest absolute Gasteiger partial charge is 0.224 e. The molecule has 5 heteroatoms. The molecule has 1 aliphatic rings. The topological polar surface area (TPSA) is 32.3 Å². The van der Waals surface area contributed by atoms with Gasteiger partial charge in [-0.15, -0.1) is 0 Å². The largest absolute Gasteiger partial charge is 0.338 e. The number of hydrogen-bond acceptors (Lipinski definition) is 2. The summed E-state index contributed by atoms with van der Waals surface area (Å²) in [5, 5.41) is 4.21. The fraction of sp³-hybridized carbons (Fsp3) is 0.462. The first-order chi connectivity index (χ1) is 8.63. The van der Waals surface area contributed by atoms with Crippen molar-refractivity contribution in [2.45, 2.75) is 19.4 Å². The zero-order valence-corrected chi connectivity index (χ0v) is 11.8. The van der Waals surface area contributed by atoms with Gasteiger partial charge in [0.15, 0.2) is 0 Å². The highest BCUT2D eigenvalue weighted by Crippen LogP contribution is 2.32. The molecule has 0 unspecified atom stereocenters. The zero-order valence-electron chi connectivity index (χ0n) is 10.3. The molecule has 0 fully saturated rings. The van der Waals surface area contributed by atoms with Gasteiger partial charge in [0.2, 0.25) is 5.91 Å². The number of nitrogens with one attached hydrogen (secondary N) is 1. The predicted molar refractivity (Wildman–Crippen MR) is 74.1 cm³/mol. The van der Waals surface area contributed by atoms with Crippen LogP contribution >= 0.6 is 23.2 Å². The standard InChI is InChI=1S/C13H16Cl2N2O/c1-16-6-4-12(18)17-7-5-10-9(8-17)2-3-11(14)13(10)15/h2-3,16H,4-8H2,1H3. The number of nitrogens with zero attached hydrogens (tertiary/aromatic N) is 1. The lowest BCUT2D eigenvalue weighted by Gasteiger charge is -2.29. The highest BCUT2D eigenvalue weighted by Gasteiger charge is 2.22. The lowest BCUT2D eigenvalue weighted by molar-refractivity contribution is -0.132. The van der Waals surface area contributed by atoms with E-state index in [2.05, 4.69) is 5.32 Å². The van der Waals surface area contributed by atoms with E-state index >= 15 is 0 Å². The molecule has 1 amide bonds. The molecule has 1 N–H and O–H groups in total. The zero-order chi connectivity index (χ0) is 13.1. The van der Waals surface area contributed by atoms with E-state index in [1.807, 2.05) is 18.0 Å². The summed E-state index contributed by atoms with van der Waals surface area (Å²) in [4.78, 5) is 13.8. The molecular formula is C13H16Cl2N2O. The van der Waals surface area contributed by atoms with Crippen LogP contribution in [0.4, 0.5) is 0 Å². The van der Waals surface area contributed by atoms with Crippen LogP contribution in [0.25, 0.3) is 0 Å². The third kappa shape index (κ3) is 2.79. The third-order valence-corrected chi connectivity index (χ3v) is 4.07. The molecule has 1 aliphatic heterocycles. The summed E-state index contributed by atoms with van der Waals surface area (Å²) in [6.07, 6.45) is 1.31.